The summed E-state index contributed by atoms with van der Waals surface area (Å²) in [5, 5.41) is 14.8. The summed E-state index contributed by atoms with van der Waals surface area (Å²) in [5.41, 5.74) is 7.86. The first-order valence-electron chi connectivity index (χ1n) is 13.9. The fraction of sp³-hybridized carbons (Fsp3) is 0.367. The molecule has 3 N–H and O–H groups in total. The van der Waals surface area contributed by atoms with Crippen molar-refractivity contribution in [3.05, 3.63) is 78.2 Å². The Hall–Kier alpha value is -4.15. The van der Waals surface area contributed by atoms with Crippen LogP contribution in [0.4, 0.5) is 5.69 Å². The number of dihydropyridines is 1. The lowest BCUT2D eigenvalue weighted by atomic mass is 10.1. The van der Waals surface area contributed by atoms with Crippen LogP contribution in [0.1, 0.15) is 18.9 Å². The summed E-state index contributed by atoms with van der Waals surface area (Å²) in [6.45, 7) is 7.72. The summed E-state index contributed by atoms with van der Waals surface area (Å²) >= 11 is 0. The number of nitrogens with zero attached hydrogens (tertiary/aromatic N) is 5. The lowest BCUT2D eigenvalue weighted by molar-refractivity contribution is -0.117. The van der Waals surface area contributed by atoms with Gasteiger partial charge in [0.1, 0.15) is 0 Å². The summed E-state index contributed by atoms with van der Waals surface area (Å²) in [7, 11) is 2.12. The molecule has 1 saturated heterocycles. The molecule has 0 aromatic carbocycles. The van der Waals surface area contributed by atoms with Crippen molar-refractivity contribution in [2.24, 2.45) is 0 Å². The van der Waals surface area contributed by atoms with E-state index in [1.54, 1.807) is 12.4 Å². The van der Waals surface area contributed by atoms with Crippen molar-refractivity contribution in [1.29, 1.82) is 0 Å². The summed E-state index contributed by atoms with van der Waals surface area (Å²) in [6.07, 6.45) is 14.5. The van der Waals surface area contributed by atoms with E-state index in [2.05, 4.69) is 62.9 Å². The van der Waals surface area contributed by atoms with Crippen LogP contribution in [0.25, 0.3) is 22.3 Å². The molecule has 1 amide bonds. The van der Waals surface area contributed by atoms with Crippen LogP contribution >= 0.6 is 0 Å². The van der Waals surface area contributed by atoms with Crippen LogP contribution in [0.3, 0.4) is 0 Å². The predicted molar refractivity (Wildman–Crippen MR) is 156 cm³/mol. The molecule has 0 radical (unpaired) electrons. The molecule has 0 saturated carbocycles. The maximum absolute atomic E-state index is 13.0. The third-order valence-electron chi connectivity index (χ3n) is 7.71. The second-order valence-corrected chi connectivity index (χ2v) is 10.5. The third-order valence-corrected chi connectivity index (χ3v) is 7.71. The van der Waals surface area contributed by atoms with Gasteiger partial charge in [-0.1, -0.05) is 12.1 Å². The van der Waals surface area contributed by atoms with Gasteiger partial charge in [0.2, 0.25) is 0 Å². The Kier molecular flexibility index (Phi) is 7.52. The standard InChI is InChI=1S/C30H36N8O2/c1-21-27(15-23(18-33-21)30(39)32-8-10-37-11-13-40-14-12-37)35-26-6-4-9-36(2)29-25(26)19-34-38-20-24(16-28(29)38)22-5-3-7-31-17-22/h3,5-7,15-21,33,35H,4,8-14H2,1-2H3,(H,32,39). The minimum atomic E-state index is -0.0820. The van der Waals surface area contributed by atoms with Crippen molar-refractivity contribution < 1.29 is 9.53 Å². The Labute approximate surface area is 234 Å². The van der Waals surface area contributed by atoms with Gasteiger partial charge in [-0.05, 0) is 31.6 Å². The van der Waals surface area contributed by atoms with Crippen LogP contribution in [0, 0.1) is 0 Å². The fourth-order valence-corrected chi connectivity index (χ4v) is 5.40. The molecule has 40 heavy (non-hydrogen) atoms. The van der Waals surface area contributed by atoms with Crippen molar-refractivity contribution in [1.82, 2.24) is 35.4 Å². The highest BCUT2D eigenvalue weighted by Crippen LogP contribution is 2.35. The average molecular weight is 541 g/mol. The Morgan fingerprint density at radius 3 is 2.90 bits per heavy atom. The second-order valence-electron chi connectivity index (χ2n) is 10.5. The van der Waals surface area contributed by atoms with Gasteiger partial charge in [-0.3, -0.25) is 14.7 Å². The van der Waals surface area contributed by atoms with Crippen LogP contribution in [0.5, 0.6) is 0 Å². The average Bonchev–Trinajstić information content (AvgIpc) is 3.36. The number of morpholine rings is 1. The molecule has 10 nitrogen and oxygen atoms in total. The molecule has 3 aliphatic heterocycles. The highest BCUT2D eigenvalue weighted by molar-refractivity contribution is 5.96. The Morgan fingerprint density at radius 2 is 2.08 bits per heavy atom. The quantitative estimate of drug-likeness (QED) is 0.420. The number of amides is 1. The van der Waals surface area contributed by atoms with Gasteiger partial charge >= 0.3 is 0 Å². The number of ether oxygens (including phenoxy) is 1. The van der Waals surface area contributed by atoms with Crippen LogP contribution < -0.4 is 20.9 Å². The molecule has 3 aromatic heterocycles. The summed E-state index contributed by atoms with van der Waals surface area (Å²) in [4.78, 5) is 21.8. The molecule has 1 fully saturated rings. The Balaban J connectivity index is 1.22. The number of rotatable bonds is 7. The van der Waals surface area contributed by atoms with Gasteiger partial charge < -0.3 is 25.6 Å². The van der Waals surface area contributed by atoms with Gasteiger partial charge in [0.05, 0.1) is 42.2 Å². The van der Waals surface area contributed by atoms with E-state index in [1.807, 2.05) is 35.2 Å². The molecular weight excluding hydrogens is 504 g/mol. The van der Waals surface area contributed by atoms with Gasteiger partial charge in [-0.25, -0.2) is 4.52 Å². The largest absolute Gasteiger partial charge is 0.382 e. The minimum absolute atomic E-state index is 0.0254. The van der Waals surface area contributed by atoms with Gasteiger partial charge in [0.15, 0.2) is 0 Å². The highest BCUT2D eigenvalue weighted by Gasteiger charge is 2.24. The maximum atomic E-state index is 13.0. The zero-order chi connectivity index (χ0) is 27.5. The van der Waals surface area contributed by atoms with Crippen molar-refractivity contribution in [2.75, 3.05) is 57.9 Å². The number of carbonyl (C=O) groups is 1. The van der Waals surface area contributed by atoms with Crippen LogP contribution in [-0.2, 0) is 9.53 Å². The predicted octanol–water partition coefficient (Wildman–Crippen LogP) is 2.37. The molecule has 0 aliphatic carbocycles. The molecule has 6 rings (SSSR count). The molecule has 3 aliphatic rings. The first-order chi connectivity index (χ1) is 19.6. The molecule has 0 bridgehead atoms. The Bertz CT molecular complexity index is 1470. The maximum Gasteiger partial charge on any atom is 0.252 e. The second kappa shape index (κ2) is 11.5. The smallest absolute Gasteiger partial charge is 0.252 e. The summed E-state index contributed by atoms with van der Waals surface area (Å²) in [5.74, 6) is -0.0820. The Morgan fingerprint density at radius 1 is 1.20 bits per heavy atom. The highest BCUT2D eigenvalue weighted by atomic mass is 16.5. The van der Waals surface area contributed by atoms with E-state index in [0.717, 1.165) is 85.1 Å². The van der Waals surface area contributed by atoms with Gasteiger partial charge in [0, 0.05) is 92.6 Å². The molecule has 6 heterocycles. The van der Waals surface area contributed by atoms with Gasteiger partial charge in [-0.15, -0.1) is 0 Å². The van der Waals surface area contributed by atoms with Crippen LogP contribution in [0.15, 0.2) is 72.6 Å². The van der Waals surface area contributed by atoms with E-state index in [0.29, 0.717) is 12.1 Å². The molecule has 1 unspecified atom stereocenters. The zero-order valence-corrected chi connectivity index (χ0v) is 23.1. The number of hydrogen-bond donors (Lipinski definition) is 3. The number of pyridine rings is 1. The monoisotopic (exact) mass is 540 g/mol. The molecule has 208 valence electrons. The molecule has 1 atom stereocenters. The number of fused-ring (bicyclic) bond motifs is 3. The fourth-order valence-electron chi connectivity index (χ4n) is 5.40. The third kappa shape index (κ3) is 5.45. The first-order valence-corrected chi connectivity index (χ1v) is 13.9. The molecule has 0 spiro atoms. The minimum Gasteiger partial charge on any atom is -0.382 e. The van der Waals surface area contributed by atoms with E-state index in [1.165, 1.54) is 0 Å². The number of nitrogens with one attached hydrogen (secondary N) is 3. The van der Waals surface area contributed by atoms with Crippen LogP contribution in [-0.4, -0.2) is 84.4 Å². The number of carbonyl (C=O) groups excluding carboxylic acids is 1. The summed E-state index contributed by atoms with van der Waals surface area (Å²) in [6, 6.07) is 6.21. The van der Waals surface area contributed by atoms with Gasteiger partial charge in [0.25, 0.3) is 5.91 Å². The normalized spacial score (nSPS) is 19.6. The topological polar surface area (TPSA) is 99.1 Å². The van der Waals surface area contributed by atoms with Gasteiger partial charge in [-0.2, -0.15) is 5.10 Å². The van der Waals surface area contributed by atoms with Crippen molar-refractivity contribution in [3.63, 3.8) is 0 Å². The molecule has 3 aromatic rings. The van der Waals surface area contributed by atoms with Crippen molar-refractivity contribution in [2.45, 2.75) is 19.4 Å². The number of hydrogen-bond acceptors (Lipinski definition) is 8. The molecular formula is C30H36N8O2. The van der Waals surface area contributed by atoms with E-state index in [4.69, 9.17) is 9.84 Å². The number of anilines is 1. The first kappa shape index (κ1) is 26.1. The zero-order valence-electron chi connectivity index (χ0n) is 23.1. The van der Waals surface area contributed by atoms with E-state index in [9.17, 15) is 4.79 Å². The van der Waals surface area contributed by atoms with Crippen LogP contribution in [0.2, 0.25) is 0 Å². The van der Waals surface area contributed by atoms with Crippen molar-refractivity contribution in [3.8, 4) is 11.1 Å². The lowest BCUT2D eigenvalue weighted by Crippen LogP contribution is -2.42. The lowest BCUT2D eigenvalue weighted by Gasteiger charge is -2.27. The number of aromatic nitrogens is 3. The molecule has 10 heteroatoms. The van der Waals surface area contributed by atoms with Crippen molar-refractivity contribution >= 4 is 22.8 Å². The van der Waals surface area contributed by atoms with E-state index in [-0.39, 0.29) is 11.9 Å². The van der Waals surface area contributed by atoms with E-state index >= 15 is 0 Å². The summed E-state index contributed by atoms with van der Waals surface area (Å²) < 4.78 is 7.34. The SMILES string of the molecule is CC1NC=C(C(=O)NCCN2CCOCC2)C=C1NC1=CCCN(C)c2c1cnn1cc(-c3cccnc3)cc21. The van der Waals surface area contributed by atoms with E-state index < -0.39 is 0 Å².